The Hall–Kier alpha value is -1.43. The molecule has 18 heavy (non-hydrogen) atoms. The van der Waals surface area contributed by atoms with E-state index >= 15 is 0 Å². The molecular formula is C12H19N3O2S. The average Bonchev–Trinajstić information content (AvgIpc) is 2.70. The summed E-state index contributed by atoms with van der Waals surface area (Å²) in [5.41, 5.74) is 2.36. The largest absolute Gasteiger partial charge is 0.352 e. The molecule has 0 fully saturated rings. The summed E-state index contributed by atoms with van der Waals surface area (Å²) < 4.78 is 0. The van der Waals surface area contributed by atoms with Crippen LogP contribution in [0.1, 0.15) is 36.1 Å². The average molecular weight is 269 g/mol. The summed E-state index contributed by atoms with van der Waals surface area (Å²) >= 11 is 1.31. The molecule has 0 bridgehead atoms. The van der Waals surface area contributed by atoms with Crippen molar-refractivity contribution in [1.82, 2.24) is 15.2 Å². The molecule has 0 spiro atoms. The maximum absolute atomic E-state index is 12.2. The molecule has 0 unspecified atom stereocenters. The number of carbonyl (C=O) groups is 2. The summed E-state index contributed by atoms with van der Waals surface area (Å²) in [6.07, 6.45) is 0. The summed E-state index contributed by atoms with van der Waals surface area (Å²) in [4.78, 5) is 30.0. The maximum Gasteiger partial charge on any atom is 0.266 e. The van der Waals surface area contributed by atoms with E-state index in [9.17, 15) is 9.59 Å². The van der Waals surface area contributed by atoms with Crippen LogP contribution in [0.5, 0.6) is 0 Å². The Morgan fingerprint density at radius 1 is 1.50 bits per heavy atom. The van der Waals surface area contributed by atoms with Gasteiger partial charge in [-0.1, -0.05) is 0 Å². The number of nitrogens with one attached hydrogen (secondary N) is 1. The Balaban J connectivity index is 2.70. The van der Waals surface area contributed by atoms with Crippen LogP contribution in [0.4, 0.5) is 0 Å². The Morgan fingerprint density at radius 2 is 2.17 bits per heavy atom. The molecule has 6 heteroatoms. The fraction of sp³-hybridized carbons (Fsp3) is 0.583. The van der Waals surface area contributed by atoms with Gasteiger partial charge in [-0.2, -0.15) is 0 Å². The third kappa shape index (κ3) is 3.80. The van der Waals surface area contributed by atoms with E-state index in [2.05, 4.69) is 10.3 Å². The van der Waals surface area contributed by atoms with Crippen molar-refractivity contribution in [3.05, 3.63) is 16.1 Å². The van der Waals surface area contributed by atoms with Crippen LogP contribution in [0.15, 0.2) is 5.51 Å². The number of likely N-dealkylation sites (N-methyl/N-ethyl adjacent to an activating group) is 1. The monoisotopic (exact) mass is 269 g/mol. The van der Waals surface area contributed by atoms with Crippen molar-refractivity contribution in [2.75, 3.05) is 13.1 Å². The molecular weight excluding hydrogens is 250 g/mol. The Labute approximate surface area is 111 Å². The van der Waals surface area contributed by atoms with Crippen LogP contribution in [0, 0.1) is 6.92 Å². The smallest absolute Gasteiger partial charge is 0.266 e. The Morgan fingerprint density at radius 3 is 2.61 bits per heavy atom. The van der Waals surface area contributed by atoms with Crippen molar-refractivity contribution >= 4 is 23.2 Å². The molecule has 5 nitrogen and oxygen atoms in total. The number of thiazole rings is 1. The second-order valence-corrected chi connectivity index (χ2v) is 5.16. The number of hydrogen-bond acceptors (Lipinski definition) is 4. The highest BCUT2D eigenvalue weighted by molar-refractivity contribution is 7.11. The molecule has 1 aromatic heterocycles. The second-order valence-electron chi connectivity index (χ2n) is 4.31. The highest BCUT2D eigenvalue weighted by Gasteiger charge is 2.20. The molecule has 0 aliphatic heterocycles. The zero-order chi connectivity index (χ0) is 13.7. The summed E-state index contributed by atoms with van der Waals surface area (Å²) in [5.74, 6) is -0.265. The van der Waals surface area contributed by atoms with E-state index < -0.39 is 0 Å². The summed E-state index contributed by atoms with van der Waals surface area (Å²) in [6.45, 7) is 8.03. The van der Waals surface area contributed by atoms with E-state index in [-0.39, 0.29) is 24.4 Å². The topological polar surface area (TPSA) is 62.3 Å². The first-order valence-electron chi connectivity index (χ1n) is 5.94. The van der Waals surface area contributed by atoms with Crippen LogP contribution in [-0.4, -0.2) is 40.8 Å². The number of aryl methyl sites for hydroxylation is 1. The quantitative estimate of drug-likeness (QED) is 0.879. The number of nitrogens with zero attached hydrogens (tertiary/aromatic N) is 2. The minimum atomic E-state index is -0.137. The van der Waals surface area contributed by atoms with Gasteiger partial charge in [-0.15, -0.1) is 11.3 Å². The molecule has 0 aliphatic carbocycles. The van der Waals surface area contributed by atoms with Crippen LogP contribution in [0.25, 0.3) is 0 Å². The minimum Gasteiger partial charge on any atom is -0.352 e. The van der Waals surface area contributed by atoms with Crippen LogP contribution in [0.3, 0.4) is 0 Å². The minimum absolute atomic E-state index is 0.0800. The highest BCUT2D eigenvalue weighted by Crippen LogP contribution is 2.14. The molecule has 1 aromatic rings. The molecule has 2 amide bonds. The van der Waals surface area contributed by atoms with Gasteiger partial charge in [-0.3, -0.25) is 9.59 Å². The normalized spacial score (nSPS) is 10.5. The van der Waals surface area contributed by atoms with E-state index in [4.69, 9.17) is 0 Å². The van der Waals surface area contributed by atoms with Gasteiger partial charge in [0.2, 0.25) is 5.91 Å². The number of amides is 2. The van der Waals surface area contributed by atoms with Crippen molar-refractivity contribution in [1.29, 1.82) is 0 Å². The number of carbonyl (C=O) groups excluding carboxylic acids is 2. The first-order valence-corrected chi connectivity index (χ1v) is 6.82. The van der Waals surface area contributed by atoms with E-state index in [1.165, 1.54) is 16.2 Å². The standard InChI is InChI=1S/C12H19N3O2S/c1-5-15(6-10(16)14-8(2)3)12(17)11-9(4)13-7-18-11/h7-8H,5-6H2,1-4H3,(H,14,16). The first kappa shape index (κ1) is 14.6. The summed E-state index contributed by atoms with van der Waals surface area (Å²) in [6, 6.07) is 0.0800. The van der Waals surface area contributed by atoms with E-state index in [1.54, 1.807) is 12.4 Å². The summed E-state index contributed by atoms with van der Waals surface area (Å²) in [7, 11) is 0. The maximum atomic E-state index is 12.2. The van der Waals surface area contributed by atoms with Gasteiger partial charge >= 0.3 is 0 Å². The highest BCUT2D eigenvalue weighted by atomic mass is 32.1. The van der Waals surface area contributed by atoms with Gasteiger partial charge in [-0.05, 0) is 27.7 Å². The molecule has 0 aromatic carbocycles. The molecule has 0 aliphatic rings. The lowest BCUT2D eigenvalue weighted by molar-refractivity contribution is -0.122. The van der Waals surface area contributed by atoms with E-state index in [0.717, 1.165) is 0 Å². The number of aromatic nitrogens is 1. The van der Waals surface area contributed by atoms with Crippen LogP contribution in [-0.2, 0) is 4.79 Å². The lowest BCUT2D eigenvalue weighted by Crippen LogP contribution is -2.42. The van der Waals surface area contributed by atoms with Crippen molar-refractivity contribution in [3.63, 3.8) is 0 Å². The predicted octanol–water partition coefficient (Wildman–Crippen LogP) is 1.44. The van der Waals surface area contributed by atoms with E-state index in [0.29, 0.717) is 17.1 Å². The Kier molecular flexibility index (Phi) is 5.27. The molecule has 0 radical (unpaired) electrons. The zero-order valence-corrected chi connectivity index (χ0v) is 12.0. The summed E-state index contributed by atoms with van der Waals surface area (Å²) in [5, 5.41) is 2.78. The number of hydrogen-bond donors (Lipinski definition) is 1. The lowest BCUT2D eigenvalue weighted by atomic mass is 10.3. The van der Waals surface area contributed by atoms with Gasteiger partial charge in [-0.25, -0.2) is 4.98 Å². The van der Waals surface area contributed by atoms with Gasteiger partial charge in [0.15, 0.2) is 0 Å². The fourth-order valence-corrected chi connectivity index (χ4v) is 2.29. The van der Waals surface area contributed by atoms with Gasteiger partial charge in [0, 0.05) is 12.6 Å². The van der Waals surface area contributed by atoms with Gasteiger partial charge in [0.05, 0.1) is 17.7 Å². The van der Waals surface area contributed by atoms with E-state index in [1.807, 2.05) is 20.8 Å². The van der Waals surface area contributed by atoms with Gasteiger partial charge < -0.3 is 10.2 Å². The van der Waals surface area contributed by atoms with Crippen LogP contribution >= 0.6 is 11.3 Å². The van der Waals surface area contributed by atoms with Crippen molar-refractivity contribution in [2.24, 2.45) is 0 Å². The molecule has 0 atom stereocenters. The molecule has 1 N–H and O–H groups in total. The van der Waals surface area contributed by atoms with Gasteiger partial charge in [0.25, 0.3) is 5.91 Å². The van der Waals surface area contributed by atoms with Crippen molar-refractivity contribution < 1.29 is 9.59 Å². The molecule has 0 saturated carbocycles. The molecule has 0 saturated heterocycles. The SMILES string of the molecule is CCN(CC(=O)NC(C)C)C(=O)c1scnc1C. The number of rotatable bonds is 5. The molecule has 1 heterocycles. The zero-order valence-electron chi connectivity index (χ0n) is 11.2. The third-order valence-corrected chi connectivity index (χ3v) is 3.31. The Bertz CT molecular complexity index is 429. The predicted molar refractivity (Wildman–Crippen MR) is 71.7 cm³/mol. The lowest BCUT2D eigenvalue weighted by Gasteiger charge is -2.20. The third-order valence-electron chi connectivity index (χ3n) is 2.39. The second kappa shape index (κ2) is 6.49. The van der Waals surface area contributed by atoms with Gasteiger partial charge in [0.1, 0.15) is 4.88 Å². The fourth-order valence-electron chi connectivity index (χ4n) is 1.52. The van der Waals surface area contributed by atoms with Crippen LogP contribution in [0.2, 0.25) is 0 Å². The first-order chi connectivity index (χ1) is 8.45. The van der Waals surface area contributed by atoms with Crippen LogP contribution < -0.4 is 5.32 Å². The van der Waals surface area contributed by atoms with Crippen molar-refractivity contribution in [2.45, 2.75) is 33.7 Å². The van der Waals surface area contributed by atoms with Crippen molar-refractivity contribution in [3.8, 4) is 0 Å². The molecule has 1 rings (SSSR count). The molecule has 100 valence electrons.